The van der Waals surface area contributed by atoms with Gasteiger partial charge in [0.1, 0.15) is 6.61 Å². The number of hydrogen-bond donors (Lipinski definition) is 3. The Morgan fingerprint density at radius 3 is 3.19 bits per heavy atom. The van der Waals surface area contributed by atoms with Crippen LogP contribution in [0, 0.1) is 6.92 Å². The molecule has 0 fully saturated rings. The van der Waals surface area contributed by atoms with Crippen LogP contribution < -0.4 is 10.6 Å². The van der Waals surface area contributed by atoms with Gasteiger partial charge in [-0.15, -0.1) is 0 Å². The number of nitrogens with one attached hydrogen (secondary N) is 2. The first-order valence-corrected chi connectivity index (χ1v) is 5.41. The molecule has 0 saturated heterocycles. The number of hydrogen-bond acceptors (Lipinski definition) is 3. The van der Waals surface area contributed by atoms with E-state index in [1.54, 1.807) is 0 Å². The van der Waals surface area contributed by atoms with E-state index in [9.17, 15) is 4.79 Å². The van der Waals surface area contributed by atoms with E-state index in [0.29, 0.717) is 6.54 Å². The van der Waals surface area contributed by atoms with Crippen molar-refractivity contribution < 1.29 is 9.90 Å². The van der Waals surface area contributed by atoms with Gasteiger partial charge in [-0.25, -0.2) is 0 Å². The maximum absolute atomic E-state index is 11.2. The van der Waals surface area contributed by atoms with Crippen LogP contribution in [0.3, 0.4) is 0 Å². The molecule has 4 nitrogen and oxygen atoms in total. The standard InChI is InChI=1S/C12H16N2O2/c1-8-2-3-10-9(4-8)5-13-6-11(10)14-12(16)7-15/h2-4,11,13,15H,5-7H2,1H3,(H,14,16). The molecule has 4 heteroatoms. The van der Waals surface area contributed by atoms with Crippen molar-refractivity contribution in [3.63, 3.8) is 0 Å². The monoisotopic (exact) mass is 220 g/mol. The fraction of sp³-hybridized carbons (Fsp3) is 0.417. The number of aliphatic hydroxyl groups is 1. The Morgan fingerprint density at radius 1 is 1.62 bits per heavy atom. The molecule has 1 unspecified atom stereocenters. The van der Waals surface area contributed by atoms with Crippen LogP contribution in [0.25, 0.3) is 0 Å². The summed E-state index contributed by atoms with van der Waals surface area (Å²) < 4.78 is 0. The Balaban J connectivity index is 2.23. The van der Waals surface area contributed by atoms with Gasteiger partial charge in [0.15, 0.2) is 0 Å². The van der Waals surface area contributed by atoms with E-state index < -0.39 is 6.61 Å². The summed E-state index contributed by atoms with van der Waals surface area (Å²) in [5.41, 5.74) is 3.58. The average Bonchev–Trinajstić information content (AvgIpc) is 2.28. The normalized spacial score (nSPS) is 19.0. The number of aliphatic hydroxyl groups excluding tert-OH is 1. The van der Waals surface area contributed by atoms with Gasteiger partial charge in [-0.1, -0.05) is 23.8 Å². The zero-order chi connectivity index (χ0) is 11.5. The van der Waals surface area contributed by atoms with Gasteiger partial charge < -0.3 is 15.7 Å². The number of fused-ring (bicyclic) bond motifs is 1. The van der Waals surface area contributed by atoms with Crippen LogP contribution in [0.4, 0.5) is 0 Å². The summed E-state index contributed by atoms with van der Waals surface area (Å²) in [4.78, 5) is 11.2. The van der Waals surface area contributed by atoms with E-state index in [1.807, 2.05) is 12.1 Å². The van der Waals surface area contributed by atoms with E-state index >= 15 is 0 Å². The van der Waals surface area contributed by atoms with Crippen molar-refractivity contribution >= 4 is 5.91 Å². The quantitative estimate of drug-likeness (QED) is 0.669. The minimum Gasteiger partial charge on any atom is -0.387 e. The lowest BCUT2D eigenvalue weighted by molar-refractivity contribution is -0.124. The predicted molar refractivity (Wildman–Crippen MR) is 60.9 cm³/mol. The molecule has 0 radical (unpaired) electrons. The number of amides is 1. The van der Waals surface area contributed by atoms with E-state index in [4.69, 9.17) is 5.11 Å². The molecule has 0 spiro atoms. The highest BCUT2D eigenvalue weighted by atomic mass is 16.3. The van der Waals surface area contributed by atoms with Crippen LogP contribution in [0.5, 0.6) is 0 Å². The van der Waals surface area contributed by atoms with E-state index in [1.165, 1.54) is 11.1 Å². The maximum atomic E-state index is 11.2. The van der Waals surface area contributed by atoms with Crippen LogP contribution >= 0.6 is 0 Å². The Labute approximate surface area is 94.7 Å². The Morgan fingerprint density at radius 2 is 2.44 bits per heavy atom. The zero-order valence-electron chi connectivity index (χ0n) is 9.29. The topological polar surface area (TPSA) is 61.4 Å². The molecule has 2 rings (SSSR count). The second-order valence-electron chi connectivity index (χ2n) is 4.11. The van der Waals surface area contributed by atoms with Crippen molar-refractivity contribution in [1.29, 1.82) is 0 Å². The number of carbonyl (C=O) groups excluding carboxylic acids is 1. The van der Waals surface area contributed by atoms with Crippen LogP contribution in [0.1, 0.15) is 22.7 Å². The summed E-state index contributed by atoms with van der Waals surface area (Å²) in [7, 11) is 0. The molecule has 0 aromatic heterocycles. The van der Waals surface area contributed by atoms with Gasteiger partial charge in [0, 0.05) is 13.1 Å². The molecule has 1 atom stereocenters. The van der Waals surface area contributed by atoms with Crippen LogP contribution in [-0.2, 0) is 11.3 Å². The third-order valence-electron chi connectivity index (χ3n) is 2.82. The molecule has 1 amide bonds. The van der Waals surface area contributed by atoms with Gasteiger partial charge in [0.25, 0.3) is 0 Å². The van der Waals surface area contributed by atoms with Crippen molar-refractivity contribution in [2.45, 2.75) is 19.5 Å². The SMILES string of the molecule is Cc1ccc2c(c1)CNCC2NC(=O)CO. The van der Waals surface area contributed by atoms with Gasteiger partial charge in [-0.2, -0.15) is 0 Å². The molecule has 1 aliphatic rings. The molecule has 1 aromatic rings. The Hall–Kier alpha value is -1.39. The first kappa shape index (κ1) is 11.1. The number of rotatable bonds is 2. The van der Waals surface area contributed by atoms with Crippen LogP contribution in [0.15, 0.2) is 18.2 Å². The predicted octanol–water partition coefficient (Wildman–Crippen LogP) is 0.248. The summed E-state index contributed by atoms with van der Waals surface area (Å²) in [5.74, 6) is -0.333. The largest absolute Gasteiger partial charge is 0.387 e. The van der Waals surface area contributed by atoms with E-state index in [-0.39, 0.29) is 11.9 Å². The lowest BCUT2D eigenvalue weighted by Crippen LogP contribution is -2.40. The smallest absolute Gasteiger partial charge is 0.246 e. The van der Waals surface area contributed by atoms with Gasteiger partial charge in [0.2, 0.25) is 5.91 Å². The molecule has 86 valence electrons. The van der Waals surface area contributed by atoms with Crippen molar-refractivity contribution in [3.05, 3.63) is 34.9 Å². The lowest BCUT2D eigenvalue weighted by atomic mass is 9.95. The number of carbonyl (C=O) groups is 1. The molecule has 16 heavy (non-hydrogen) atoms. The summed E-state index contributed by atoms with van der Waals surface area (Å²) in [6, 6.07) is 6.18. The van der Waals surface area contributed by atoms with Crippen LogP contribution in [0.2, 0.25) is 0 Å². The second-order valence-corrected chi connectivity index (χ2v) is 4.11. The lowest BCUT2D eigenvalue weighted by Gasteiger charge is -2.27. The Kier molecular flexibility index (Phi) is 3.22. The first-order valence-electron chi connectivity index (χ1n) is 5.41. The van der Waals surface area contributed by atoms with Gasteiger partial charge >= 0.3 is 0 Å². The molecule has 1 aromatic carbocycles. The first-order chi connectivity index (χ1) is 7.70. The minimum atomic E-state index is -0.461. The molecular weight excluding hydrogens is 204 g/mol. The third-order valence-corrected chi connectivity index (χ3v) is 2.82. The van der Waals surface area contributed by atoms with Crippen molar-refractivity contribution in [3.8, 4) is 0 Å². The maximum Gasteiger partial charge on any atom is 0.246 e. The number of aryl methyl sites for hydroxylation is 1. The molecular formula is C12H16N2O2. The Bertz CT molecular complexity index is 404. The molecule has 0 bridgehead atoms. The highest BCUT2D eigenvalue weighted by Gasteiger charge is 2.20. The van der Waals surface area contributed by atoms with Gasteiger partial charge in [0.05, 0.1) is 6.04 Å². The molecule has 3 N–H and O–H groups in total. The summed E-state index contributed by atoms with van der Waals surface area (Å²) in [6.07, 6.45) is 0. The highest BCUT2D eigenvalue weighted by Crippen LogP contribution is 2.22. The van der Waals surface area contributed by atoms with E-state index in [0.717, 1.165) is 12.1 Å². The van der Waals surface area contributed by atoms with Crippen molar-refractivity contribution in [2.75, 3.05) is 13.2 Å². The summed E-state index contributed by atoms with van der Waals surface area (Å²) >= 11 is 0. The fourth-order valence-electron chi connectivity index (χ4n) is 2.06. The summed E-state index contributed by atoms with van der Waals surface area (Å²) in [6.45, 7) is 3.14. The van der Waals surface area contributed by atoms with Crippen LogP contribution in [-0.4, -0.2) is 24.2 Å². The zero-order valence-corrected chi connectivity index (χ0v) is 9.29. The average molecular weight is 220 g/mol. The van der Waals surface area contributed by atoms with Gasteiger partial charge in [-0.05, 0) is 18.1 Å². The summed E-state index contributed by atoms with van der Waals surface area (Å²) in [5, 5.41) is 14.8. The van der Waals surface area contributed by atoms with E-state index in [2.05, 4.69) is 23.6 Å². The molecule has 0 aliphatic carbocycles. The van der Waals surface area contributed by atoms with Gasteiger partial charge in [-0.3, -0.25) is 4.79 Å². The van der Waals surface area contributed by atoms with Crippen molar-refractivity contribution in [2.24, 2.45) is 0 Å². The third kappa shape index (κ3) is 2.23. The van der Waals surface area contributed by atoms with Crippen molar-refractivity contribution in [1.82, 2.24) is 10.6 Å². The molecule has 0 saturated carbocycles. The molecule has 1 aliphatic heterocycles. The minimum absolute atomic E-state index is 0.0380. The number of benzene rings is 1. The fourth-order valence-corrected chi connectivity index (χ4v) is 2.06. The highest BCUT2D eigenvalue weighted by molar-refractivity contribution is 5.77. The second kappa shape index (κ2) is 4.63. The molecule has 1 heterocycles.